The highest BCUT2D eigenvalue weighted by molar-refractivity contribution is 5.98. The van der Waals surface area contributed by atoms with Crippen molar-refractivity contribution in [3.05, 3.63) is 22.9 Å². The van der Waals surface area contributed by atoms with Crippen LogP contribution in [0, 0.1) is 5.92 Å². The Hall–Kier alpha value is -2.15. The van der Waals surface area contributed by atoms with Crippen molar-refractivity contribution in [1.29, 1.82) is 0 Å². The summed E-state index contributed by atoms with van der Waals surface area (Å²) in [7, 11) is 1.56. The topological polar surface area (TPSA) is 91.8 Å². The summed E-state index contributed by atoms with van der Waals surface area (Å²) in [6, 6.07) is 2.15. The molecule has 2 heterocycles. The fourth-order valence-corrected chi connectivity index (χ4v) is 4.75. The van der Waals surface area contributed by atoms with E-state index in [9.17, 15) is 14.7 Å². The quantitative estimate of drug-likeness (QED) is 0.808. The van der Waals surface area contributed by atoms with E-state index in [4.69, 9.17) is 4.74 Å². The average Bonchev–Trinajstić information content (AvgIpc) is 3.34. The minimum atomic E-state index is -0.279. The molecular weight excluding hydrogens is 358 g/mol. The monoisotopic (exact) mass is 387 g/mol. The lowest BCUT2D eigenvalue weighted by atomic mass is 9.87. The largest absolute Gasteiger partial charge is 0.481 e. The summed E-state index contributed by atoms with van der Waals surface area (Å²) in [6.45, 7) is 0.838. The maximum Gasteiger partial charge on any atom is 0.256 e. The van der Waals surface area contributed by atoms with E-state index < -0.39 is 0 Å². The highest BCUT2D eigenvalue weighted by Gasteiger charge is 2.36. The lowest BCUT2D eigenvalue weighted by Crippen LogP contribution is -2.34. The Bertz CT molecular complexity index is 752. The maximum atomic E-state index is 12.9. The minimum absolute atomic E-state index is 0.00615. The van der Waals surface area contributed by atoms with Gasteiger partial charge in [0.05, 0.1) is 31.0 Å². The van der Waals surface area contributed by atoms with Gasteiger partial charge in [0.1, 0.15) is 0 Å². The van der Waals surface area contributed by atoms with Crippen LogP contribution in [0.5, 0.6) is 5.88 Å². The van der Waals surface area contributed by atoms with Crippen molar-refractivity contribution in [2.24, 2.45) is 5.92 Å². The smallest absolute Gasteiger partial charge is 0.256 e. The zero-order chi connectivity index (χ0) is 19.7. The average molecular weight is 387 g/mol. The molecule has 2 aliphatic carbocycles. The van der Waals surface area contributed by atoms with E-state index in [1.807, 2.05) is 11.0 Å². The Morgan fingerprint density at radius 3 is 2.64 bits per heavy atom. The van der Waals surface area contributed by atoms with E-state index in [-0.39, 0.29) is 30.4 Å². The predicted octanol–water partition coefficient (Wildman–Crippen LogP) is 2.16. The van der Waals surface area contributed by atoms with Gasteiger partial charge in [0, 0.05) is 24.1 Å². The lowest BCUT2D eigenvalue weighted by molar-refractivity contribution is -0.126. The summed E-state index contributed by atoms with van der Waals surface area (Å²) in [5.74, 6) is 0.453. The van der Waals surface area contributed by atoms with Crippen LogP contribution in [-0.4, -0.2) is 46.1 Å². The number of amides is 2. The number of hydrogen-bond acceptors (Lipinski definition) is 5. The van der Waals surface area contributed by atoms with Crippen LogP contribution in [-0.2, 0) is 17.9 Å². The Kier molecular flexibility index (Phi) is 5.53. The summed E-state index contributed by atoms with van der Waals surface area (Å²) in [5.41, 5.74) is 2.13. The molecule has 1 aliphatic heterocycles. The van der Waals surface area contributed by atoms with Gasteiger partial charge in [-0.05, 0) is 44.6 Å². The van der Waals surface area contributed by atoms with E-state index in [1.165, 1.54) is 12.8 Å². The maximum absolute atomic E-state index is 12.9. The SMILES string of the molecule is COc1nc2c(cc1CNC(=O)C1CCC(O)CC1)C(=O)N(C1CCCC1)C2. The van der Waals surface area contributed by atoms with Gasteiger partial charge in [0.2, 0.25) is 11.8 Å². The minimum Gasteiger partial charge on any atom is -0.481 e. The second-order valence-electron chi connectivity index (χ2n) is 8.25. The molecule has 0 unspecified atom stereocenters. The van der Waals surface area contributed by atoms with E-state index >= 15 is 0 Å². The molecule has 0 bridgehead atoms. The molecule has 2 saturated carbocycles. The van der Waals surface area contributed by atoms with Gasteiger partial charge in [-0.3, -0.25) is 9.59 Å². The summed E-state index contributed by atoms with van der Waals surface area (Å²) in [5, 5.41) is 12.6. The molecule has 0 radical (unpaired) electrons. The van der Waals surface area contributed by atoms with Crippen molar-refractivity contribution < 1.29 is 19.4 Å². The summed E-state index contributed by atoms with van der Waals surface area (Å²) >= 11 is 0. The molecule has 152 valence electrons. The van der Waals surface area contributed by atoms with Crippen LogP contribution < -0.4 is 10.1 Å². The van der Waals surface area contributed by atoms with Crippen molar-refractivity contribution in [2.75, 3.05) is 7.11 Å². The molecule has 0 atom stereocenters. The van der Waals surface area contributed by atoms with Crippen LogP contribution in [0.3, 0.4) is 0 Å². The fourth-order valence-electron chi connectivity index (χ4n) is 4.75. The van der Waals surface area contributed by atoms with Crippen LogP contribution in [0.15, 0.2) is 6.07 Å². The number of carbonyl (C=O) groups is 2. The number of aliphatic hydroxyl groups is 1. The zero-order valence-electron chi connectivity index (χ0n) is 16.4. The molecule has 0 spiro atoms. The number of carbonyl (C=O) groups excluding carboxylic acids is 2. The van der Waals surface area contributed by atoms with Gasteiger partial charge in [0.15, 0.2) is 0 Å². The number of methoxy groups -OCH3 is 1. The second-order valence-corrected chi connectivity index (χ2v) is 8.25. The van der Waals surface area contributed by atoms with Crippen LogP contribution >= 0.6 is 0 Å². The molecule has 4 rings (SSSR count). The van der Waals surface area contributed by atoms with Crippen LogP contribution in [0.4, 0.5) is 0 Å². The molecule has 7 heteroatoms. The van der Waals surface area contributed by atoms with Gasteiger partial charge in [-0.25, -0.2) is 4.98 Å². The van der Waals surface area contributed by atoms with Crippen LogP contribution in [0.1, 0.15) is 73.0 Å². The Labute approximate surface area is 165 Å². The van der Waals surface area contributed by atoms with E-state index in [2.05, 4.69) is 10.3 Å². The predicted molar refractivity (Wildman–Crippen MR) is 103 cm³/mol. The van der Waals surface area contributed by atoms with Crippen molar-refractivity contribution in [3.63, 3.8) is 0 Å². The zero-order valence-corrected chi connectivity index (χ0v) is 16.4. The van der Waals surface area contributed by atoms with E-state index in [0.717, 1.165) is 24.1 Å². The number of pyridine rings is 1. The summed E-state index contributed by atoms with van der Waals surface area (Å²) in [4.78, 5) is 31.9. The number of rotatable bonds is 5. The molecule has 2 fully saturated rings. The van der Waals surface area contributed by atoms with Gasteiger partial charge < -0.3 is 20.1 Å². The van der Waals surface area contributed by atoms with Gasteiger partial charge in [-0.15, -0.1) is 0 Å². The molecule has 0 aromatic carbocycles. The first-order chi connectivity index (χ1) is 13.6. The normalized spacial score (nSPS) is 25.1. The van der Waals surface area contributed by atoms with Crippen LogP contribution in [0.25, 0.3) is 0 Å². The van der Waals surface area contributed by atoms with E-state index in [1.54, 1.807) is 7.11 Å². The molecule has 2 N–H and O–H groups in total. The standard InChI is InChI=1S/C21H29N3O4/c1-28-20-14(11-22-19(26)13-6-8-16(25)9-7-13)10-17-18(23-20)12-24(21(17)27)15-4-2-3-5-15/h10,13,15-16,25H,2-9,11-12H2,1H3,(H,22,26). The number of nitrogens with one attached hydrogen (secondary N) is 1. The first kappa shape index (κ1) is 19.2. The molecule has 0 saturated heterocycles. The summed E-state index contributed by atoms with van der Waals surface area (Å²) in [6.07, 6.45) is 6.97. The third-order valence-electron chi connectivity index (χ3n) is 6.43. The molecule has 28 heavy (non-hydrogen) atoms. The molecule has 3 aliphatic rings. The number of fused-ring (bicyclic) bond motifs is 1. The van der Waals surface area contributed by atoms with Crippen molar-refractivity contribution in [3.8, 4) is 5.88 Å². The molecular formula is C21H29N3O4. The summed E-state index contributed by atoms with van der Waals surface area (Å²) < 4.78 is 5.43. The third-order valence-corrected chi connectivity index (χ3v) is 6.43. The van der Waals surface area contributed by atoms with Crippen molar-refractivity contribution in [1.82, 2.24) is 15.2 Å². The first-order valence-corrected chi connectivity index (χ1v) is 10.4. The Morgan fingerprint density at radius 1 is 1.25 bits per heavy atom. The number of aliphatic hydroxyl groups excluding tert-OH is 1. The molecule has 7 nitrogen and oxygen atoms in total. The number of ether oxygens (including phenoxy) is 1. The number of aromatic nitrogens is 1. The lowest BCUT2D eigenvalue weighted by Gasteiger charge is -2.24. The third kappa shape index (κ3) is 3.72. The number of nitrogens with zero attached hydrogens (tertiary/aromatic N) is 2. The van der Waals surface area contributed by atoms with E-state index in [0.29, 0.717) is 49.7 Å². The van der Waals surface area contributed by atoms with Crippen molar-refractivity contribution in [2.45, 2.75) is 76.6 Å². The Balaban J connectivity index is 1.45. The highest BCUT2D eigenvalue weighted by Crippen LogP contribution is 2.33. The first-order valence-electron chi connectivity index (χ1n) is 10.4. The van der Waals surface area contributed by atoms with Crippen molar-refractivity contribution >= 4 is 11.8 Å². The Morgan fingerprint density at radius 2 is 1.96 bits per heavy atom. The fraction of sp³-hybridized carbons (Fsp3) is 0.667. The molecule has 2 amide bonds. The second kappa shape index (κ2) is 8.07. The molecule has 1 aromatic heterocycles. The van der Waals surface area contributed by atoms with Gasteiger partial charge in [-0.1, -0.05) is 12.8 Å². The highest BCUT2D eigenvalue weighted by atomic mass is 16.5. The van der Waals surface area contributed by atoms with Crippen LogP contribution in [0.2, 0.25) is 0 Å². The van der Waals surface area contributed by atoms with Gasteiger partial charge in [-0.2, -0.15) is 0 Å². The van der Waals surface area contributed by atoms with Gasteiger partial charge in [0.25, 0.3) is 5.91 Å². The van der Waals surface area contributed by atoms with Gasteiger partial charge >= 0.3 is 0 Å². The molecule has 1 aromatic rings. The number of hydrogen-bond donors (Lipinski definition) is 2.